The standard InChI is InChI=1S/C19H26N2/c1-5-21(18-9-7-6-8-14(18)2)19-11-10-17(12-15(19)3)13-16(4)20/h6-12,16H,5,13,20H2,1-4H3. The molecule has 0 heterocycles. The molecule has 1 atom stereocenters. The Kier molecular flexibility index (Phi) is 5.03. The quantitative estimate of drug-likeness (QED) is 0.883. The van der Waals surface area contributed by atoms with E-state index in [4.69, 9.17) is 5.73 Å². The zero-order chi connectivity index (χ0) is 15.4. The Bertz CT molecular complexity index is 602. The van der Waals surface area contributed by atoms with Gasteiger partial charge in [0.15, 0.2) is 0 Å². The SMILES string of the molecule is CCN(c1ccccc1C)c1ccc(CC(C)N)cc1C. The Hall–Kier alpha value is -1.80. The first-order valence-electron chi connectivity index (χ1n) is 7.71. The number of anilines is 2. The van der Waals surface area contributed by atoms with E-state index in [1.165, 1.54) is 28.1 Å². The summed E-state index contributed by atoms with van der Waals surface area (Å²) in [5.74, 6) is 0. The molecule has 21 heavy (non-hydrogen) atoms. The normalized spacial score (nSPS) is 12.2. The second-order valence-electron chi connectivity index (χ2n) is 5.83. The van der Waals surface area contributed by atoms with E-state index < -0.39 is 0 Å². The van der Waals surface area contributed by atoms with Gasteiger partial charge in [-0.1, -0.05) is 30.3 Å². The van der Waals surface area contributed by atoms with E-state index in [9.17, 15) is 0 Å². The number of aryl methyl sites for hydroxylation is 2. The molecule has 0 aliphatic carbocycles. The molecule has 0 fully saturated rings. The predicted molar refractivity (Wildman–Crippen MR) is 92.4 cm³/mol. The summed E-state index contributed by atoms with van der Waals surface area (Å²) in [6.07, 6.45) is 0.928. The van der Waals surface area contributed by atoms with Gasteiger partial charge < -0.3 is 10.6 Å². The van der Waals surface area contributed by atoms with E-state index in [-0.39, 0.29) is 6.04 Å². The first kappa shape index (κ1) is 15.6. The molecular formula is C19H26N2. The molecule has 0 aromatic heterocycles. The highest BCUT2D eigenvalue weighted by Gasteiger charge is 2.12. The first-order valence-corrected chi connectivity index (χ1v) is 7.71. The molecule has 0 radical (unpaired) electrons. The fraction of sp³-hybridized carbons (Fsp3) is 0.368. The van der Waals surface area contributed by atoms with Crippen LogP contribution in [0.5, 0.6) is 0 Å². The Labute approximate surface area is 128 Å². The van der Waals surface area contributed by atoms with Crippen LogP contribution in [0.4, 0.5) is 11.4 Å². The van der Waals surface area contributed by atoms with Crippen molar-refractivity contribution in [3.05, 3.63) is 59.2 Å². The van der Waals surface area contributed by atoms with Crippen LogP contribution in [0.1, 0.15) is 30.5 Å². The van der Waals surface area contributed by atoms with Crippen LogP contribution in [-0.4, -0.2) is 12.6 Å². The molecule has 2 nitrogen and oxygen atoms in total. The molecule has 2 aromatic carbocycles. The number of hydrogen-bond acceptors (Lipinski definition) is 2. The Morgan fingerprint density at radius 1 is 1.00 bits per heavy atom. The van der Waals surface area contributed by atoms with E-state index in [2.05, 4.69) is 75.1 Å². The number of para-hydroxylation sites is 1. The fourth-order valence-corrected chi connectivity index (χ4v) is 2.86. The third kappa shape index (κ3) is 3.64. The summed E-state index contributed by atoms with van der Waals surface area (Å²) in [6.45, 7) is 9.55. The predicted octanol–water partition coefficient (Wildman–Crippen LogP) is 4.35. The third-order valence-electron chi connectivity index (χ3n) is 3.83. The van der Waals surface area contributed by atoms with Crippen LogP contribution in [0.3, 0.4) is 0 Å². The molecule has 112 valence electrons. The smallest absolute Gasteiger partial charge is 0.0440 e. The highest BCUT2D eigenvalue weighted by atomic mass is 15.1. The van der Waals surface area contributed by atoms with Crippen molar-refractivity contribution in [3.63, 3.8) is 0 Å². The lowest BCUT2D eigenvalue weighted by molar-refractivity contribution is 0.737. The van der Waals surface area contributed by atoms with Gasteiger partial charge in [0, 0.05) is 24.0 Å². The van der Waals surface area contributed by atoms with Crippen LogP contribution >= 0.6 is 0 Å². The van der Waals surface area contributed by atoms with Gasteiger partial charge in [-0.15, -0.1) is 0 Å². The number of hydrogen-bond donors (Lipinski definition) is 1. The lowest BCUT2D eigenvalue weighted by atomic mass is 10.0. The van der Waals surface area contributed by atoms with Gasteiger partial charge in [0.05, 0.1) is 0 Å². The van der Waals surface area contributed by atoms with E-state index in [1.54, 1.807) is 0 Å². The van der Waals surface area contributed by atoms with Crippen LogP contribution < -0.4 is 10.6 Å². The van der Waals surface area contributed by atoms with E-state index in [0.29, 0.717) is 0 Å². The lowest BCUT2D eigenvalue weighted by Crippen LogP contribution is -2.19. The molecule has 0 spiro atoms. The summed E-state index contributed by atoms with van der Waals surface area (Å²) in [5, 5.41) is 0. The summed E-state index contributed by atoms with van der Waals surface area (Å²) in [4.78, 5) is 2.38. The van der Waals surface area contributed by atoms with Crippen LogP contribution in [0, 0.1) is 13.8 Å². The minimum atomic E-state index is 0.203. The van der Waals surface area contributed by atoms with Gasteiger partial charge in [0.25, 0.3) is 0 Å². The first-order chi connectivity index (χ1) is 10.0. The van der Waals surface area contributed by atoms with E-state index >= 15 is 0 Å². The van der Waals surface area contributed by atoms with Crippen molar-refractivity contribution >= 4 is 11.4 Å². The fourth-order valence-electron chi connectivity index (χ4n) is 2.86. The van der Waals surface area contributed by atoms with Crippen molar-refractivity contribution in [2.75, 3.05) is 11.4 Å². The Morgan fingerprint density at radius 3 is 2.24 bits per heavy atom. The molecule has 0 saturated heterocycles. The maximum atomic E-state index is 5.90. The Balaban J connectivity index is 2.37. The molecule has 2 rings (SSSR count). The zero-order valence-corrected chi connectivity index (χ0v) is 13.6. The van der Waals surface area contributed by atoms with Gasteiger partial charge in [0.1, 0.15) is 0 Å². The second-order valence-corrected chi connectivity index (χ2v) is 5.83. The van der Waals surface area contributed by atoms with Gasteiger partial charge in [0.2, 0.25) is 0 Å². The van der Waals surface area contributed by atoms with Gasteiger partial charge in [-0.3, -0.25) is 0 Å². The third-order valence-corrected chi connectivity index (χ3v) is 3.83. The van der Waals surface area contributed by atoms with Crippen LogP contribution in [0.2, 0.25) is 0 Å². The van der Waals surface area contributed by atoms with Crippen molar-refractivity contribution in [1.82, 2.24) is 0 Å². The molecule has 0 aliphatic heterocycles. The second kappa shape index (κ2) is 6.77. The van der Waals surface area contributed by atoms with Crippen LogP contribution in [0.15, 0.2) is 42.5 Å². The van der Waals surface area contributed by atoms with Crippen molar-refractivity contribution in [2.24, 2.45) is 5.73 Å². The minimum absolute atomic E-state index is 0.203. The Morgan fingerprint density at radius 2 is 1.67 bits per heavy atom. The number of nitrogens with zero attached hydrogens (tertiary/aromatic N) is 1. The van der Waals surface area contributed by atoms with E-state index in [1.807, 2.05) is 0 Å². The molecule has 0 amide bonds. The molecule has 0 saturated carbocycles. The summed E-state index contributed by atoms with van der Waals surface area (Å²) < 4.78 is 0. The summed E-state index contributed by atoms with van der Waals surface area (Å²) in [7, 11) is 0. The van der Waals surface area contributed by atoms with Gasteiger partial charge in [-0.25, -0.2) is 0 Å². The van der Waals surface area contributed by atoms with Crippen molar-refractivity contribution in [3.8, 4) is 0 Å². The molecule has 0 bridgehead atoms. The topological polar surface area (TPSA) is 29.3 Å². The van der Waals surface area contributed by atoms with Gasteiger partial charge in [-0.2, -0.15) is 0 Å². The molecule has 2 heteroatoms. The van der Waals surface area contributed by atoms with Crippen LogP contribution in [0.25, 0.3) is 0 Å². The zero-order valence-electron chi connectivity index (χ0n) is 13.6. The van der Waals surface area contributed by atoms with Crippen molar-refractivity contribution < 1.29 is 0 Å². The summed E-state index contributed by atoms with van der Waals surface area (Å²) in [6, 6.07) is 15.4. The lowest BCUT2D eigenvalue weighted by Gasteiger charge is -2.27. The molecule has 2 aromatic rings. The monoisotopic (exact) mass is 282 g/mol. The van der Waals surface area contributed by atoms with Crippen molar-refractivity contribution in [2.45, 2.75) is 40.2 Å². The maximum absolute atomic E-state index is 5.90. The highest BCUT2D eigenvalue weighted by molar-refractivity contribution is 5.69. The van der Waals surface area contributed by atoms with E-state index in [0.717, 1.165) is 13.0 Å². The number of benzene rings is 2. The highest BCUT2D eigenvalue weighted by Crippen LogP contribution is 2.31. The molecule has 1 unspecified atom stereocenters. The maximum Gasteiger partial charge on any atom is 0.0440 e. The van der Waals surface area contributed by atoms with Crippen molar-refractivity contribution in [1.29, 1.82) is 0 Å². The average Bonchev–Trinajstić information content (AvgIpc) is 2.43. The summed E-state index contributed by atoms with van der Waals surface area (Å²) >= 11 is 0. The largest absolute Gasteiger partial charge is 0.341 e. The molecule has 0 aliphatic rings. The number of nitrogens with two attached hydrogens (primary N) is 1. The number of rotatable bonds is 5. The van der Waals surface area contributed by atoms with Crippen LogP contribution in [-0.2, 0) is 6.42 Å². The van der Waals surface area contributed by atoms with Gasteiger partial charge >= 0.3 is 0 Å². The molecule has 2 N–H and O–H groups in total. The summed E-state index contributed by atoms with van der Waals surface area (Å²) in [5.41, 5.74) is 12.4. The minimum Gasteiger partial charge on any atom is -0.341 e. The average molecular weight is 282 g/mol. The molecular weight excluding hydrogens is 256 g/mol. The van der Waals surface area contributed by atoms with Gasteiger partial charge in [-0.05, 0) is 62.9 Å².